The van der Waals surface area contributed by atoms with Gasteiger partial charge in [-0.25, -0.2) is 0 Å². The van der Waals surface area contributed by atoms with Crippen molar-refractivity contribution in [2.45, 2.75) is 33.1 Å². The van der Waals surface area contributed by atoms with Gasteiger partial charge in [0.2, 0.25) is 0 Å². The van der Waals surface area contributed by atoms with E-state index in [1.54, 1.807) is 12.3 Å². The van der Waals surface area contributed by atoms with Gasteiger partial charge in [0.1, 0.15) is 5.76 Å². The molecule has 1 aromatic rings. The van der Waals surface area contributed by atoms with E-state index in [2.05, 4.69) is 17.6 Å². The zero-order valence-electron chi connectivity index (χ0n) is 11.2. The molecule has 1 unspecified atom stereocenters. The molecule has 1 atom stereocenters. The highest BCUT2D eigenvalue weighted by molar-refractivity contribution is 5.95. The molecular formula is C14H22N2O2. The Morgan fingerprint density at radius 3 is 3.11 bits per heavy atom. The molecule has 2 rings (SSSR count). The Balaban J connectivity index is 1.92. The second-order valence-electron chi connectivity index (χ2n) is 5.38. The van der Waals surface area contributed by atoms with Crippen molar-refractivity contribution in [3.05, 3.63) is 23.7 Å². The lowest BCUT2D eigenvalue weighted by atomic mass is 9.83. The number of hydrogen-bond donors (Lipinski definition) is 2. The summed E-state index contributed by atoms with van der Waals surface area (Å²) in [5.41, 5.74) is 0.842. The van der Waals surface area contributed by atoms with Gasteiger partial charge < -0.3 is 15.1 Å². The summed E-state index contributed by atoms with van der Waals surface area (Å²) in [6, 6.07) is 1.75. The zero-order chi connectivity index (χ0) is 13.0. The molecule has 0 saturated carbocycles. The van der Waals surface area contributed by atoms with E-state index in [0.717, 1.165) is 31.7 Å². The summed E-state index contributed by atoms with van der Waals surface area (Å²) in [6.07, 6.45) is 4.66. The molecule has 1 aliphatic heterocycles. The Kier molecular flexibility index (Phi) is 4.07. The van der Waals surface area contributed by atoms with Crippen molar-refractivity contribution in [1.29, 1.82) is 0 Å². The van der Waals surface area contributed by atoms with E-state index in [9.17, 15) is 4.79 Å². The van der Waals surface area contributed by atoms with Gasteiger partial charge in [-0.2, -0.15) is 0 Å². The zero-order valence-corrected chi connectivity index (χ0v) is 11.2. The van der Waals surface area contributed by atoms with Gasteiger partial charge in [0.15, 0.2) is 0 Å². The van der Waals surface area contributed by atoms with Gasteiger partial charge >= 0.3 is 0 Å². The van der Waals surface area contributed by atoms with Crippen molar-refractivity contribution in [3.63, 3.8) is 0 Å². The Morgan fingerprint density at radius 2 is 2.44 bits per heavy atom. The third-order valence-corrected chi connectivity index (χ3v) is 3.67. The topological polar surface area (TPSA) is 54.3 Å². The molecule has 2 heterocycles. The second kappa shape index (κ2) is 5.57. The molecule has 1 amide bonds. The largest absolute Gasteiger partial charge is 0.469 e. The van der Waals surface area contributed by atoms with Crippen molar-refractivity contribution in [2.24, 2.45) is 5.41 Å². The van der Waals surface area contributed by atoms with Crippen LogP contribution in [0.2, 0.25) is 0 Å². The molecule has 4 nitrogen and oxygen atoms in total. The lowest BCUT2D eigenvalue weighted by Gasteiger charge is -2.34. The van der Waals surface area contributed by atoms with Crippen LogP contribution in [0, 0.1) is 5.41 Å². The summed E-state index contributed by atoms with van der Waals surface area (Å²) in [5.74, 6) is 0.742. The summed E-state index contributed by atoms with van der Waals surface area (Å²) < 4.78 is 5.28. The normalized spacial score (nSPS) is 23.9. The van der Waals surface area contributed by atoms with E-state index in [1.165, 1.54) is 6.42 Å². The van der Waals surface area contributed by atoms with Crippen LogP contribution >= 0.6 is 0 Å². The number of rotatable bonds is 4. The molecule has 1 saturated heterocycles. The van der Waals surface area contributed by atoms with Crippen molar-refractivity contribution in [3.8, 4) is 0 Å². The predicted octanol–water partition coefficient (Wildman–Crippen LogP) is 1.96. The van der Waals surface area contributed by atoms with E-state index >= 15 is 0 Å². The molecule has 18 heavy (non-hydrogen) atoms. The van der Waals surface area contributed by atoms with Gasteiger partial charge in [-0.3, -0.25) is 4.79 Å². The van der Waals surface area contributed by atoms with Gasteiger partial charge in [-0.1, -0.05) is 13.8 Å². The third kappa shape index (κ3) is 2.93. The quantitative estimate of drug-likeness (QED) is 0.859. The average Bonchev–Trinajstić information content (AvgIpc) is 2.85. The molecule has 0 spiro atoms. The van der Waals surface area contributed by atoms with E-state index in [-0.39, 0.29) is 11.3 Å². The van der Waals surface area contributed by atoms with Gasteiger partial charge in [0.05, 0.1) is 11.8 Å². The van der Waals surface area contributed by atoms with Crippen molar-refractivity contribution < 1.29 is 9.21 Å². The minimum absolute atomic E-state index is 0.0209. The standard InChI is InChI=1S/C14H22N2O2/c1-3-12-11(5-8-18-12)13(17)16-10-14(2)6-4-7-15-9-14/h5,8,15H,3-4,6-7,9-10H2,1-2H3,(H,16,17). The highest BCUT2D eigenvalue weighted by Crippen LogP contribution is 2.24. The van der Waals surface area contributed by atoms with Crippen LogP contribution in [0.1, 0.15) is 42.8 Å². The van der Waals surface area contributed by atoms with Gasteiger partial charge in [0.25, 0.3) is 5.91 Å². The molecule has 0 radical (unpaired) electrons. The predicted molar refractivity (Wildman–Crippen MR) is 70.6 cm³/mol. The Labute approximate surface area is 108 Å². The lowest BCUT2D eigenvalue weighted by Crippen LogP contribution is -2.45. The first kappa shape index (κ1) is 13.1. The number of carbonyl (C=O) groups is 1. The fraction of sp³-hybridized carbons (Fsp3) is 0.643. The average molecular weight is 250 g/mol. The SMILES string of the molecule is CCc1occc1C(=O)NCC1(C)CCCNC1. The van der Waals surface area contributed by atoms with Crippen molar-refractivity contribution in [2.75, 3.05) is 19.6 Å². The molecular weight excluding hydrogens is 228 g/mol. The molecule has 0 aromatic carbocycles. The summed E-state index contributed by atoms with van der Waals surface area (Å²) >= 11 is 0. The lowest BCUT2D eigenvalue weighted by molar-refractivity contribution is 0.0922. The van der Waals surface area contributed by atoms with Crippen LogP contribution in [0.15, 0.2) is 16.7 Å². The summed E-state index contributed by atoms with van der Waals surface area (Å²) in [6.45, 7) is 6.98. The summed E-state index contributed by atoms with van der Waals surface area (Å²) in [7, 11) is 0. The molecule has 100 valence electrons. The van der Waals surface area contributed by atoms with Crippen LogP contribution < -0.4 is 10.6 Å². The highest BCUT2D eigenvalue weighted by atomic mass is 16.3. The molecule has 0 aliphatic carbocycles. The van der Waals surface area contributed by atoms with Crippen LogP contribution in [0.3, 0.4) is 0 Å². The van der Waals surface area contributed by atoms with Crippen LogP contribution in [-0.2, 0) is 6.42 Å². The van der Waals surface area contributed by atoms with E-state index in [1.807, 2.05) is 6.92 Å². The van der Waals surface area contributed by atoms with Crippen LogP contribution in [0.4, 0.5) is 0 Å². The van der Waals surface area contributed by atoms with Crippen molar-refractivity contribution >= 4 is 5.91 Å². The molecule has 2 N–H and O–H groups in total. The molecule has 0 bridgehead atoms. The van der Waals surface area contributed by atoms with Crippen molar-refractivity contribution in [1.82, 2.24) is 10.6 Å². The Morgan fingerprint density at radius 1 is 1.61 bits per heavy atom. The number of hydrogen-bond acceptors (Lipinski definition) is 3. The van der Waals surface area contributed by atoms with E-state index < -0.39 is 0 Å². The fourth-order valence-electron chi connectivity index (χ4n) is 2.48. The smallest absolute Gasteiger partial charge is 0.254 e. The van der Waals surface area contributed by atoms with E-state index in [0.29, 0.717) is 12.1 Å². The Bertz CT molecular complexity index is 406. The first-order valence-corrected chi connectivity index (χ1v) is 6.70. The summed E-state index contributed by atoms with van der Waals surface area (Å²) in [4.78, 5) is 12.1. The number of aryl methyl sites for hydroxylation is 1. The second-order valence-corrected chi connectivity index (χ2v) is 5.38. The fourth-order valence-corrected chi connectivity index (χ4v) is 2.48. The molecule has 1 aromatic heterocycles. The van der Waals surface area contributed by atoms with E-state index in [4.69, 9.17) is 4.42 Å². The van der Waals surface area contributed by atoms with Gasteiger partial charge in [-0.15, -0.1) is 0 Å². The Hall–Kier alpha value is -1.29. The maximum Gasteiger partial charge on any atom is 0.254 e. The monoisotopic (exact) mass is 250 g/mol. The van der Waals surface area contributed by atoms with Gasteiger partial charge in [-0.05, 0) is 30.9 Å². The molecule has 4 heteroatoms. The number of piperidine rings is 1. The summed E-state index contributed by atoms with van der Waals surface area (Å²) in [5, 5.41) is 6.42. The minimum Gasteiger partial charge on any atom is -0.469 e. The molecule has 1 fully saturated rings. The third-order valence-electron chi connectivity index (χ3n) is 3.67. The van der Waals surface area contributed by atoms with Gasteiger partial charge in [0, 0.05) is 19.5 Å². The maximum absolute atomic E-state index is 12.1. The first-order valence-electron chi connectivity index (χ1n) is 6.70. The number of nitrogens with one attached hydrogen (secondary N) is 2. The first-order chi connectivity index (χ1) is 8.64. The number of furan rings is 1. The maximum atomic E-state index is 12.1. The number of amides is 1. The van der Waals surface area contributed by atoms with Crippen LogP contribution in [0.25, 0.3) is 0 Å². The highest BCUT2D eigenvalue weighted by Gasteiger charge is 2.27. The van der Waals surface area contributed by atoms with Crippen LogP contribution in [-0.4, -0.2) is 25.5 Å². The molecule has 1 aliphatic rings. The van der Waals surface area contributed by atoms with Crippen LogP contribution in [0.5, 0.6) is 0 Å². The number of carbonyl (C=O) groups excluding carboxylic acids is 1. The minimum atomic E-state index is -0.0209.